The average Bonchev–Trinajstić information content (AvgIpc) is 2.32. The molecule has 18 heavy (non-hydrogen) atoms. The quantitative estimate of drug-likeness (QED) is 0.895. The number of hydrogen-bond donors (Lipinski definition) is 1. The lowest BCUT2D eigenvalue weighted by Gasteiger charge is -2.29. The second-order valence-corrected chi connectivity index (χ2v) is 4.54. The highest BCUT2D eigenvalue weighted by molar-refractivity contribution is 5.91. The van der Waals surface area contributed by atoms with Gasteiger partial charge in [-0.1, -0.05) is 6.07 Å². The highest BCUT2D eigenvalue weighted by Gasteiger charge is 2.22. The molecule has 0 atom stereocenters. The number of halogens is 1. The summed E-state index contributed by atoms with van der Waals surface area (Å²) in [5, 5.41) is 8.99. The normalized spacial score (nSPS) is 17.7. The molecule has 0 saturated carbocycles. The Hall–Kier alpha value is -1.62. The van der Waals surface area contributed by atoms with Crippen LogP contribution in [0.1, 0.15) is 23.2 Å². The first-order valence-electron chi connectivity index (χ1n) is 5.95. The van der Waals surface area contributed by atoms with Crippen LogP contribution in [0.2, 0.25) is 0 Å². The van der Waals surface area contributed by atoms with Crippen molar-refractivity contribution < 1.29 is 19.0 Å². The standard InChI is InChI=1S/C13H16FNO3/c1-15-7-5-9(6-8-15)18-11-4-2-3-10(14)12(11)13(16)17/h2-4,9H,5-8H2,1H3,(H,16,17). The number of carboxylic acids is 1. The second-order valence-electron chi connectivity index (χ2n) is 4.54. The van der Waals surface area contributed by atoms with E-state index in [0.29, 0.717) is 0 Å². The van der Waals surface area contributed by atoms with Gasteiger partial charge in [-0.3, -0.25) is 0 Å². The molecule has 1 heterocycles. The number of aromatic carboxylic acids is 1. The van der Waals surface area contributed by atoms with Gasteiger partial charge in [0, 0.05) is 13.1 Å². The summed E-state index contributed by atoms with van der Waals surface area (Å²) in [4.78, 5) is 13.2. The fourth-order valence-electron chi connectivity index (χ4n) is 2.09. The molecule has 1 aliphatic rings. The molecule has 1 aliphatic heterocycles. The summed E-state index contributed by atoms with van der Waals surface area (Å²) in [7, 11) is 2.03. The van der Waals surface area contributed by atoms with Crippen molar-refractivity contribution >= 4 is 5.97 Å². The van der Waals surface area contributed by atoms with E-state index >= 15 is 0 Å². The Balaban J connectivity index is 2.14. The fraction of sp³-hybridized carbons (Fsp3) is 0.462. The molecule has 0 unspecified atom stereocenters. The zero-order chi connectivity index (χ0) is 13.1. The molecule has 0 aliphatic carbocycles. The third-order valence-corrected chi connectivity index (χ3v) is 3.15. The van der Waals surface area contributed by atoms with E-state index in [0.717, 1.165) is 32.0 Å². The Kier molecular flexibility index (Phi) is 3.81. The third-order valence-electron chi connectivity index (χ3n) is 3.15. The Morgan fingerprint density at radius 3 is 2.72 bits per heavy atom. The Bertz CT molecular complexity index is 442. The van der Waals surface area contributed by atoms with E-state index in [4.69, 9.17) is 9.84 Å². The van der Waals surface area contributed by atoms with E-state index in [-0.39, 0.29) is 17.4 Å². The lowest BCUT2D eigenvalue weighted by molar-refractivity contribution is 0.0675. The van der Waals surface area contributed by atoms with Crippen LogP contribution in [-0.4, -0.2) is 42.2 Å². The monoisotopic (exact) mass is 253 g/mol. The molecule has 98 valence electrons. The molecule has 1 N–H and O–H groups in total. The minimum Gasteiger partial charge on any atom is -0.489 e. The van der Waals surface area contributed by atoms with Gasteiger partial charge in [-0.15, -0.1) is 0 Å². The molecule has 0 spiro atoms. The van der Waals surface area contributed by atoms with Gasteiger partial charge < -0.3 is 14.7 Å². The van der Waals surface area contributed by atoms with Gasteiger partial charge in [0.15, 0.2) is 0 Å². The van der Waals surface area contributed by atoms with Crippen LogP contribution < -0.4 is 4.74 Å². The van der Waals surface area contributed by atoms with Crippen molar-refractivity contribution in [2.24, 2.45) is 0 Å². The van der Waals surface area contributed by atoms with Crippen LogP contribution in [0.3, 0.4) is 0 Å². The fourth-order valence-corrected chi connectivity index (χ4v) is 2.09. The topological polar surface area (TPSA) is 49.8 Å². The summed E-state index contributed by atoms with van der Waals surface area (Å²) in [5.74, 6) is -1.93. The van der Waals surface area contributed by atoms with Gasteiger partial charge in [-0.05, 0) is 32.0 Å². The third kappa shape index (κ3) is 2.79. The molecule has 1 fully saturated rings. The number of rotatable bonds is 3. The highest BCUT2D eigenvalue weighted by atomic mass is 19.1. The van der Waals surface area contributed by atoms with E-state index < -0.39 is 11.8 Å². The van der Waals surface area contributed by atoms with Crippen molar-refractivity contribution in [2.75, 3.05) is 20.1 Å². The van der Waals surface area contributed by atoms with Gasteiger partial charge in [-0.25, -0.2) is 9.18 Å². The van der Waals surface area contributed by atoms with Crippen LogP contribution >= 0.6 is 0 Å². The first-order chi connectivity index (χ1) is 8.58. The molecule has 1 aromatic rings. The van der Waals surface area contributed by atoms with Gasteiger partial charge >= 0.3 is 5.97 Å². The zero-order valence-corrected chi connectivity index (χ0v) is 10.2. The first-order valence-corrected chi connectivity index (χ1v) is 5.95. The van der Waals surface area contributed by atoms with Crippen molar-refractivity contribution in [1.82, 2.24) is 4.90 Å². The summed E-state index contributed by atoms with van der Waals surface area (Å²) in [6.07, 6.45) is 1.61. The SMILES string of the molecule is CN1CCC(Oc2cccc(F)c2C(=O)O)CC1. The number of piperidine rings is 1. The summed E-state index contributed by atoms with van der Waals surface area (Å²) < 4.78 is 19.1. The Labute approximate surface area is 105 Å². The van der Waals surface area contributed by atoms with Crippen molar-refractivity contribution in [3.8, 4) is 5.75 Å². The Morgan fingerprint density at radius 2 is 2.11 bits per heavy atom. The average molecular weight is 253 g/mol. The van der Waals surface area contributed by atoms with Crippen LogP contribution in [0.4, 0.5) is 4.39 Å². The Morgan fingerprint density at radius 1 is 1.44 bits per heavy atom. The van der Waals surface area contributed by atoms with Gasteiger partial charge in [0.1, 0.15) is 23.2 Å². The molecule has 5 heteroatoms. The molecule has 0 aromatic heterocycles. The summed E-state index contributed by atoms with van der Waals surface area (Å²) in [6.45, 7) is 1.81. The summed E-state index contributed by atoms with van der Waals surface area (Å²) in [5.41, 5.74) is -0.378. The van der Waals surface area contributed by atoms with Crippen molar-refractivity contribution in [2.45, 2.75) is 18.9 Å². The number of carboxylic acid groups (broad SMARTS) is 1. The van der Waals surface area contributed by atoms with E-state index in [2.05, 4.69) is 4.90 Å². The highest BCUT2D eigenvalue weighted by Crippen LogP contribution is 2.25. The van der Waals surface area contributed by atoms with E-state index in [1.54, 1.807) is 0 Å². The number of likely N-dealkylation sites (tertiary alicyclic amines) is 1. The van der Waals surface area contributed by atoms with Crippen LogP contribution in [0.15, 0.2) is 18.2 Å². The number of hydrogen-bond acceptors (Lipinski definition) is 3. The molecule has 0 bridgehead atoms. The lowest BCUT2D eigenvalue weighted by atomic mass is 10.1. The minimum absolute atomic E-state index is 0.0406. The molecule has 0 amide bonds. The zero-order valence-electron chi connectivity index (χ0n) is 10.2. The molecular formula is C13H16FNO3. The maximum absolute atomic E-state index is 13.4. The van der Waals surface area contributed by atoms with E-state index in [9.17, 15) is 9.18 Å². The molecule has 2 rings (SSSR count). The summed E-state index contributed by atoms with van der Waals surface area (Å²) in [6, 6.07) is 4.10. The molecule has 1 aromatic carbocycles. The predicted octanol–water partition coefficient (Wildman–Crippen LogP) is 2.00. The number of benzene rings is 1. The second kappa shape index (κ2) is 5.35. The van der Waals surface area contributed by atoms with E-state index in [1.165, 1.54) is 12.1 Å². The molecule has 1 saturated heterocycles. The molecule has 4 nitrogen and oxygen atoms in total. The van der Waals surface area contributed by atoms with Crippen molar-refractivity contribution in [3.63, 3.8) is 0 Å². The predicted molar refractivity (Wildman–Crippen MR) is 64.5 cm³/mol. The first kappa shape index (κ1) is 12.8. The lowest BCUT2D eigenvalue weighted by Crippen LogP contribution is -2.35. The van der Waals surface area contributed by atoms with Crippen molar-refractivity contribution in [1.29, 1.82) is 0 Å². The number of ether oxygens (including phenoxy) is 1. The molecule has 0 radical (unpaired) electrons. The van der Waals surface area contributed by atoms with Gasteiger partial charge in [0.05, 0.1) is 0 Å². The molecular weight excluding hydrogens is 237 g/mol. The van der Waals surface area contributed by atoms with Crippen molar-refractivity contribution in [3.05, 3.63) is 29.6 Å². The minimum atomic E-state index is -1.30. The van der Waals surface area contributed by atoms with Gasteiger partial charge in [0.25, 0.3) is 0 Å². The number of nitrogens with zero attached hydrogens (tertiary/aromatic N) is 1. The van der Waals surface area contributed by atoms with Crippen LogP contribution in [-0.2, 0) is 0 Å². The van der Waals surface area contributed by atoms with Crippen LogP contribution in [0, 0.1) is 5.82 Å². The maximum atomic E-state index is 13.4. The largest absolute Gasteiger partial charge is 0.489 e. The van der Waals surface area contributed by atoms with Gasteiger partial charge in [0.2, 0.25) is 0 Å². The summed E-state index contributed by atoms with van der Waals surface area (Å²) >= 11 is 0. The van der Waals surface area contributed by atoms with Gasteiger partial charge in [-0.2, -0.15) is 0 Å². The van der Waals surface area contributed by atoms with Crippen LogP contribution in [0.25, 0.3) is 0 Å². The smallest absolute Gasteiger partial charge is 0.342 e. The van der Waals surface area contributed by atoms with E-state index in [1.807, 2.05) is 7.05 Å². The van der Waals surface area contributed by atoms with Crippen LogP contribution in [0.5, 0.6) is 5.75 Å². The number of carbonyl (C=O) groups is 1. The maximum Gasteiger partial charge on any atom is 0.342 e.